The standard InChI is InChI=1S/C25H24ClN5O/c1-18-6-8-19(9-7-18)23-10-11-27-24-21(16-28-31(23)24)25(32)30-14-12-29(13-15-30)17-20-4-2-3-5-22(20)26/h2-11,16H,12-15,17H2,1H3. The molecule has 1 aliphatic rings. The van der Waals surface area contributed by atoms with E-state index in [0.717, 1.165) is 41.5 Å². The first-order valence-corrected chi connectivity index (χ1v) is 11.1. The van der Waals surface area contributed by atoms with E-state index in [4.69, 9.17) is 11.6 Å². The number of aromatic nitrogens is 3. The minimum absolute atomic E-state index is 0.0223. The molecule has 0 aliphatic carbocycles. The number of amides is 1. The molecule has 1 amide bonds. The Labute approximate surface area is 192 Å². The summed E-state index contributed by atoms with van der Waals surface area (Å²) < 4.78 is 1.76. The molecule has 0 bridgehead atoms. The van der Waals surface area contributed by atoms with Gasteiger partial charge in [-0.25, -0.2) is 9.50 Å². The number of benzene rings is 2. The zero-order chi connectivity index (χ0) is 22.1. The fraction of sp³-hybridized carbons (Fsp3) is 0.240. The molecule has 1 fully saturated rings. The molecule has 4 aromatic rings. The third kappa shape index (κ3) is 3.99. The van der Waals surface area contributed by atoms with Crippen molar-refractivity contribution >= 4 is 23.2 Å². The van der Waals surface area contributed by atoms with Crippen LogP contribution >= 0.6 is 11.6 Å². The Hall–Kier alpha value is -3.22. The Balaban J connectivity index is 1.32. The van der Waals surface area contributed by atoms with E-state index >= 15 is 0 Å². The number of hydrogen-bond acceptors (Lipinski definition) is 4. The molecule has 32 heavy (non-hydrogen) atoms. The third-order valence-electron chi connectivity index (χ3n) is 5.99. The average molecular weight is 446 g/mol. The van der Waals surface area contributed by atoms with Crippen LogP contribution in [0, 0.1) is 6.92 Å². The van der Waals surface area contributed by atoms with Crippen LogP contribution in [0.1, 0.15) is 21.5 Å². The molecule has 5 rings (SSSR count). The highest BCUT2D eigenvalue weighted by Crippen LogP contribution is 2.23. The zero-order valence-electron chi connectivity index (χ0n) is 17.9. The molecule has 0 unspecified atom stereocenters. The van der Waals surface area contributed by atoms with E-state index in [1.165, 1.54) is 5.56 Å². The molecule has 2 aromatic carbocycles. The summed E-state index contributed by atoms with van der Waals surface area (Å²) in [6.45, 7) is 5.79. The second kappa shape index (κ2) is 8.73. The smallest absolute Gasteiger partial charge is 0.259 e. The van der Waals surface area contributed by atoms with Crippen molar-refractivity contribution in [1.82, 2.24) is 24.4 Å². The van der Waals surface area contributed by atoms with E-state index in [1.54, 1.807) is 16.9 Å². The number of fused-ring (bicyclic) bond motifs is 1. The predicted molar refractivity (Wildman–Crippen MR) is 126 cm³/mol. The summed E-state index contributed by atoms with van der Waals surface area (Å²) in [5.41, 5.74) is 5.40. The molecule has 0 N–H and O–H groups in total. The Kier molecular flexibility index (Phi) is 5.64. The minimum atomic E-state index is -0.0223. The van der Waals surface area contributed by atoms with E-state index in [1.807, 2.05) is 29.2 Å². The van der Waals surface area contributed by atoms with Crippen LogP contribution in [0.4, 0.5) is 0 Å². The van der Waals surface area contributed by atoms with Gasteiger partial charge in [0.25, 0.3) is 5.91 Å². The molecular weight excluding hydrogens is 422 g/mol. The van der Waals surface area contributed by atoms with Crippen LogP contribution in [0.3, 0.4) is 0 Å². The maximum atomic E-state index is 13.3. The average Bonchev–Trinajstić information content (AvgIpc) is 3.26. The molecule has 7 heteroatoms. The highest BCUT2D eigenvalue weighted by Gasteiger charge is 2.25. The number of nitrogens with zero attached hydrogens (tertiary/aromatic N) is 5. The van der Waals surface area contributed by atoms with E-state index in [0.29, 0.717) is 24.3 Å². The molecule has 3 heterocycles. The van der Waals surface area contributed by atoms with Crippen molar-refractivity contribution in [2.75, 3.05) is 26.2 Å². The molecule has 0 radical (unpaired) electrons. The maximum absolute atomic E-state index is 13.3. The van der Waals surface area contributed by atoms with E-state index in [-0.39, 0.29) is 5.91 Å². The first-order valence-electron chi connectivity index (χ1n) is 10.7. The monoisotopic (exact) mass is 445 g/mol. The first kappa shape index (κ1) is 20.7. The summed E-state index contributed by atoms with van der Waals surface area (Å²) in [5.74, 6) is -0.0223. The fourth-order valence-electron chi connectivity index (χ4n) is 4.13. The minimum Gasteiger partial charge on any atom is -0.336 e. The predicted octanol–water partition coefficient (Wildman–Crippen LogP) is 4.32. The summed E-state index contributed by atoms with van der Waals surface area (Å²) >= 11 is 6.30. The lowest BCUT2D eigenvalue weighted by Gasteiger charge is -2.34. The van der Waals surface area contributed by atoms with Crippen molar-refractivity contribution in [2.45, 2.75) is 13.5 Å². The molecule has 1 saturated heterocycles. The number of hydrogen-bond donors (Lipinski definition) is 0. The molecular formula is C25H24ClN5O. The van der Waals surface area contributed by atoms with Crippen LogP contribution in [0.2, 0.25) is 5.02 Å². The van der Waals surface area contributed by atoms with Crippen molar-refractivity contribution in [1.29, 1.82) is 0 Å². The normalized spacial score (nSPS) is 14.8. The van der Waals surface area contributed by atoms with Crippen LogP contribution in [-0.2, 0) is 6.54 Å². The van der Waals surface area contributed by atoms with Gasteiger partial charge < -0.3 is 4.90 Å². The molecule has 1 aliphatic heterocycles. The summed E-state index contributed by atoms with van der Waals surface area (Å²) in [6.07, 6.45) is 3.38. The number of carbonyl (C=O) groups is 1. The molecule has 2 aromatic heterocycles. The summed E-state index contributed by atoms with van der Waals surface area (Å²) in [4.78, 5) is 22.0. The van der Waals surface area contributed by atoms with E-state index in [2.05, 4.69) is 52.2 Å². The quantitative estimate of drug-likeness (QED) is 0.469. The van der Waals surface area contributed by atoms with Gasteiger partial charge in [0.2, 0.25) is 0 Å². The van der Waals surface area contributed by atoms with Gasteiger partial charge in [-0.1, -0.05) is 59.6 Å². The van der Waals surface area contributed by atoms with Crippen LogP contribution < -0.4 is 0 Å². The highest BCUT2D eigenvalue weighted by molar-refractivity contribution is 6.31. The SMILES string of the molecule is Cc1ccc(-c2ccnc3c(C(=O)N4CCN(Cc5ccccc5Cl)CC4)cnn23)cc1. The van der Waals surface area contributed by atoms with Crippen LogP contribution in [-0.4, -0.2) is 56.5 Å². The summed E-state index contributed by atoms with van der Waals surface area (Å²) in [7, 11) is 0. The number of rotatable bonds is 4. The van der Waals surface area contributed by atoms with Gasteiger partial charge in [0.15, 0.2) is 5.65 Å². The van der Waals surface area contributed by atoms with Gasteiger partial charge in [-0.05, 0) is 24.6 Å². The van der Waals surface area contributed by atoms with E-state index < -0.39 is 0 Å². The van der Waals surface area contributed by atoms with Crippen molar-refractivity contribution < 1.29 is 4.79 Å². The van der Waals surface area contributed by atoms with Gasteiger partial charge in [-0.3, -0.25) is 9.69 Å². The molecule has 6 nitrogen and oxygen atoms in total. The lowest BCUT2D eigenvalue weighted by molar-refractivity contribution is 0.0630. The largest absolute Gasteiger partial charge is 0.336 e. The lowest BCUT2D eigenvalue weighted by Crippen LogP contribution is -2.48. The zero-order valence-corrected chi connectivity index (χ0v) is 18.7. The molecule has 162 valence electrons. The van der Waals surface area contributed by atoms with Gasteiger partial charge >= 0.3 is 0 Å². The second-order valence-corrected chi connectivity index (χ2v) is 8.56. The summed E-state index contributed by atoms with van der Waals surface area (Å²) in [5, 5.41) is 5.28. The van der Waals surface area contributed by atoms with Gasteiger partial charge in [0.1, 0.15) is 5.56 Å². The van der Waals surface area contributed by atoms with E-state index in [9.17, 15) is 4.79 Å². The number of carbonyl (C=O) groups excluding carboxylic acids is 1. The van der Waals surface area contributed by atoms with Crippen molar-refractivity contribution in [3.05, 3.63) is 88.7 Å². The van der Waals surface area contributed by atoms with Crippen molar-refractivity contribution in [3.8, 4) is 11.3 Å². The topological polar surface area (TPSA) is 53.7 Å². The Morgan fingerprint density at radius 3 is 2.50 bits per heavy atom. The van der Waals surface area contributed by atoms with Gasteiger partial charge in [0.05, 0.1) is 11.9 Å². The van der Waals surface area contributed by atoms with Crippen LogP contribution in [0.25, 0.3) is 16.9 Å². The molecule has 0 saturated carbocycles. The van der Waals surface area contributed by atoms with Crippen LogP contribution in [0.5, 0.6) is 0 Å². The lowest BCUT2D eigenvalue weighted by atomic mass is 10.1. The second-order valence-electron chi connectivity index (χ2n) is 8.15. The molecule has 0 atom stereocenters. The van der Waals surface area contributed by atoms with Gasteiger partial charge in [-0.2, -0.15) is 5.10 Å². The Morgan fingerprint density at radius 2 is 1.75 bits per heavy atom. The van der Waals surface area contributed by atoms with Gasteiger partial charge in [0, 0.05) is 49.5 Å². The maximum Gasteiger partial charge on any atom is 0.259 e. The van der Waals surface area contributed by atoms with Gasteiger partial charge in [-0.15, -0.1) is 0 Å². The third-order valence-corrected chi connectivity index (χ3v) is 6.36. The van der Waals surface area contributed by atoms with Crippen LogP contribution in [0.15, 0.2) is 67.0 Å². The number of halogens is 1. The Bertz CT molecular complexity index is 1260. The van der Waals surface area contributed by atoms with Crippen molar-refractivity contribution in [3.63, 3.8) is 0 Å². The number of aryl methyl sites for hydroxylation is 1. The highest BCUT2D eigenvalue weighted by atomic mass is 35.5. The van der Waals surface area contributed by atoms with Crippen molar-refractivity contribution in [2.24, 2.45) is 0 Å². The Morgan fingerprint density at radius 1 is 1.00 bits per heavy atom. The molecule has 0 spiro atoms. The summed E-state index contributed by atoms with van der Waals surface area (Å²) in [6, 6.07) is 18.1. The fourth-order valence-corrected chi connectivity index (χ4v) is 4.33. The number of piperazine rings is 1. The first-order chi connectivity index (χ1) is 15.6.